The predicted octanol–water partition coefficient (Wildman–Crippen LogP) is 3.33. The van der Waals surface area contributed by atoms with Crippen LogP contribution in [-0.2, 0) is 11.3 Å². The zero-order chi connectivity index (χ0) is 15.0. The number of nitrogens with zero attached hydrogens (tertiary/aromatic N) is 2. The van der Waals surface area contributed by atoms with E-state index in [-0.39, 0.29) is 5.82 Å². The summed E-state index contributed by atoms with van der Waals surface area (Å²) in [5.41, 5.74) is 1.29. The quantitative estimate of drug-likeness (QED) is 0.731. The lowest BCUT2D eigenvalue weighted by Crippen LogP contribution is -2.36. The van der Waals surface area contributed by atoms with Gasteiger partial charge in [0.1, 0.15) is 5.82 Å². The van der Waals surface area contributed by atoms with Crippen molar-refractivity contribution >= 4 is 0 Å². The molecule has 0 saturated carbocycles. The molecular weight excluding hydrogens is 255 g/mol. The SMILES string of the molecule is CCC(CC)N(CCOC)Cc1cc(F)ccc1C#N. The second-order valence-corrected chi connectivity index (χ2v) is 4.85. The van der Waals surface area contributed by atoms with Gasteiger partial charge in [0, 0.05) is 26.2 Å². The molecule has 110 valence electrons. The predicted molar refractivity (Wildman–Crippen MR) is 77.8 cm³/mol. The third kappa shape index (κ3) is 4.59. The first kappa shape index (κ1) is 16.6. The lowest BCUT2D eigenvalue weighted by Gasteiger charge is -2.30. The van der Waals surface area contributed by atoms with Gasteiger partial charge in [0.05, 0.1) is 18.2 Å². The largest absolute Gasteiger partial charge is 0.383 e. The van der Waals surface area contributed by atoms with Crippen LogP contribution in [-0.4, -0.2) is 31.2 Å². The van der Waals surface area contributed by atoms with Gasteiger partial charge in [-0.2, -0.15) is 5.26 Å². The molecule has 0 unspecified atom stereocenters. The van der Waals surface area contributed by atoms with Crippen molar-refractivity contribution in [2.24, 2.45) is 0 Å². The third-order valence-electron chi connectivity index (χ3n) is 3.60. The Morgan fingerprint density at radius 2 is 2.05 bits per heavy atom. The fourth-order valence-electron chi connectivity index (χ4n) is 2.43. The number of halogens is 1. The van der Waals surface area contributed by atoms with Gasteiger partial charge in [0.2, 0.25) is 0 Å². The van der Waals surface area contributed by atoms with Gasteiger partial charge in [-0.3, -0.25) is 4.90 Å². The van der Waals surface area contributed by atoms with Crippen molar-refractivity contribution in [3.05, 3.63) is 35.1 Å². The average molecular weight is 278 g/mol. The fraction of sp³-hybridized carbons (Fsp3) is 0.562. The van der Waals surface area contributed by atoms with Crippen LogP contribution in [0.15, 0.2) is 18.2 Å². The molecule has 0 aliphatic rings. The van der Waals surface area contributed by atoms with Crippen LogP contribution in [0.1, 0.15) is 37.8 Å². The summed E-state index contributed by atoms with van der Waals surface area (Å²) in [5.74, 6) is -0.296. The molecule has 0 fully saturated rings. The van der Waals surface area contributed by atoms with E-state index in [2.05, 4.69) is 24.8 Å². The van der Waals surface area contributed by atoms with Crippen molar-refractivity contribution < 1.29 is 9.13 Å². The minimum Gasteiger partial charge on any atom is -0.383 e. The maximum atomic E-state index is 13.4. The molecule has 1 rings (SSSR count). The Hall–Kier alpha value is -1.44. The molecule has 0 spiro atoms. The van der Waals surface area contributed by atoms with Crippen LogP contribution < -0.4 is 0 Å². The standard InChI is InChI=1S/C16H23FN2O/c1-4-16(5-2)19(8-9-20-3)12-14-10-15(17)7-6-13(14)11-18/h6-7,10,16H,4-5,8-9,12H2,1-3H3. The molecule has 0 aliphatic heterocycles. The first-order valence-corrected chi connectivity index (χ1v) is 7.07. The molecule has 1 aromatic carbocycles. The van der Waals surface area contributed by atoms with Crippen molar-refractivity contribution in [1.29, 1.82) is 5.26 Å². The van der Waals surface area contributed by atoms with Crippen LogP contribution in [0, 0.1) is 17.1 Å². The van der Waals surface area contributed by atoms with Crippen LogP contribution in [0.2, 0.25) is 0 Å². The van der Waals surface area contributed by atoms with Gasteiger partial charge < -0.3 is 4.74 Å². The van der Waals surface area contributed by atoms with Crippen molar-refractivity contribution in [3.8, 4) is 6.07 Å². The van der Waals surface area contributed by atoms with E-state index < -0.39 is 0 Å². The van der Waals surface area contributed by atoms with E-state index in [0.717, 1.165) is 24.9 Å². The molecule has 0 saturated heterocycles. The summed E-state index contributed by atoms with van der Waals surface area (Å²) < 4.78 is 18.5. The van der Waals surface area contributed by atoms with E-state index in [9.17, 15) is 4.39 Å². The second kappa shape index (κ2) is 8.68. The Balaban J connectivity index is 2.93. The van der Waals surface area contributed by atoms with Gasteiger partial charge in [-0.25, -0.2) is 4.39 Å². The highest BCUT2D eigenvalue weighted by molar-refractivity contribution is 5.37. The van der Waals surface area contributed by atoms with Crippen LogP contribution in [0.4, 0.5) is 4.39 Å². The highest BCUT2D eigenvalue weighted by Gasteiger charge is 2.17. The Morgan fingerprint density at radius 1 is 1.35 bits per heavy atom. The number of hydrogen-bond acceptors (Lipinski definition) is 3. The lowest BCUT2D eigenvalue weighted by molar-refractivity contribution is 0.110. The molecule has 0 heterocycles. The molecule has 1 aromatic rings. The van der Waals surface area contributed by atoms with E-state index in [1.54, 1.807) is 13.2 Å². The van der Waals surface area contributed by atoms with E-state index in [0.29, 0.717) is 24.8 Å². The number of rotatable bonds is 8. The zero-order valence-corrected chi connectivity index (χ0v) is 12.5. The summed E-state index contributed by atoms with van der Waals surface area (Å²) in [5, 5.41) is 9.14. The maximum absolute atomic E-state index is 13.4. The van der Waals surface area contributed by atoms with Crippen molar-refractivity contribution in [2.45, 2.75) is 39.3 Å². The number of hydrogen-bond donors (Lipinski definition) is 0. The van der Waals surface area contributed by atoms with Crippen LogP contribution in [0.3, 0.4) is 0 Å². The van der Waals surface area contributed by atoms with Crippen LogP contribution in [0.5, 0.6) is 0 Å². The van der Waals surface area contributed by atoms with Crippen molar-refractivity contribution in [1.82, 2.24) is 4.90 Å². The topological polar surface area (TPSA) is 36.3 Å². The number of benzene rings is 1. The highest BCUT2D eigenvalue weighted by atomic mass is 19.1. The summed E-state index contributed by atoms with van der Waals surface area (Å²) in [7, 11) is 1.67. The molecule has 4 heteroatoms. The Labute approximate surface area is 121 Å². The van der Waals surface area contributed by atoms with E-state index in [1.807, 2.05) is 0 Å². The summed E-state index contributed by atoms with van der Waals surface area (Å²) in [6.07, 6.45) is 2.05. The summed E-state index contributed by atoms with van der Waals surface area (Å²) in [6, 6.07) is 6.89. The normalized spacial score (nSPS) is 11.1. The molecule has 3 nitrogen and oxygen atoms in total. The monoisotopic (exact) mass is 278 g/mol. The van der Waals surface area contributed by atoms with Crippen molar-refractivity contribution in [3.63, 3.8) is 0 Å². The van der Waals surface area contributed by atoms with Crippen LogP contribution in [0.25, 0.3) is 0 Å². The molecule has 0 N–H and O–H groups in total. The minimum atomic E-state index is -0.296. The third-order valence-corrected chi connectivity index (χ3v) is 3.60. The maximum Gasteiger partial charge on any atom is 0.123 e. The zero-order valence-electron chi connectivity index (χ0n) is 12.5. The van der Waals surface area contributed by atoms with E-state index >= 15 is 0 Å². The van der Waals surface area contributed by atoms with Gasteiger partial charge >= 0.3 is 0 Å². The van der Waals surface area contributed by atoms with E-state index in [4.69, 9.17) is 10.00 Å². The highest BCUT2D eigenvalue weighted by Crippen LogP contribution is 2.17. The molecule has 0 amide bonds. The summed E-state index contributed by atoms with van der Waals surface area (Å²) in [6.45, 7) is 6.28. The van der Waals surface area contributed by atoms with Gasteiger partial charge in [-0.1, -0.05) is 13.8 Å². The molecular formula is C16H23FN2O. The van der Waals surface area contributed by atoms with Gasteiger partial charge in [0.15, 0.2) is 0 Å². The van der Waals surface area contributed by atoms with Gasteiger partial charge in [0.25, 0.3) is 0 Å². The Morgan fingerprint density at radius 3 is 2.60 bits per heavy atom. The van der Waals surface area contributed by atoms with Gasteiger partial charge in [-0.15, -0.1) is 0 Å². The van der Waals surface area contributed by atoms with Gasteiger partial charge in [-0.05, 0) is 36.6 Å². The molecule has 0 radical (unpaired) electrons. The lowest BCUT2D eigenvalue weighted by atomic mass is 10.0. The Kier molecular flexibility index (Phi) is 7.21. The minimum absolute atomic E-state index is 0.296. The van der Waals surface area contributed by atoms with Crippen LogP contribution >= 0.6 is 0 Å². The average Bonchev–Trinajstić information content (AvgIpc) is 2.46. The molecule has 0 aromatic heterocycles. The second-order valence-electron chi connectivity index (χ2n) is 4.85. The summed E-state index contributed by atoms with van der Waals surface area (Å²) in [4.78, 5) is 2.26. The first-order valence-electron chi connectivity index (χ1n) is 7.07. The number of methoxy groups -OCH3 is 1. The molecule has 0 aliphatic carbocycles. The molecule has 0 atom stereocenters. The first-order chi connectivity index (χ1) is 9.65. The fourth-order valence-corrected chi connectivity index (χ4v) is 2.43. The number of nitriles is 1. The number of ether oxygens (including phenoxy) is 1. The Bertz CT molecular complexity index is 452. The summed E-state index contributed by atoms with van der Waals surface area (Å²) >= 11 is 0. The van der Waals surface area contributed by atoms with E-state index in [1.165, 1.54) is 12.1 Å². The smallest absolute Gasteiger partial charge is 0.123 e. The molecule has 20 heavy (non-hydrogen) atoms. The van der Waals surface area contributed by atoms with Crippen molar-refractivity contribution in [2.75, 3.05) is 20.3 Å². The molecule has 0 bridgehead atoms.